The molecule has 3 rings (SSSR count). The Morgan fingerprint density at radius 1 is 1.12 bits per heavy atom. The summed E-state index contributed by atoms with van der Waals surface area (Å²) in [6.07, 6.45) is 7.07. The van der Waals surface area contributed by atoms with E-state index in [0.717, 1.165) is 47.1 Å². The second-order valence-corrected chi connectivity index (χ2v) is 6.34. The molecule has 6 heteroatoms. The minimum absolute atomic E-state index is 0.411. The van der Waals surface area contributed by atoms with Gasteiger partial charge in [0.05, 0.1) is 29.2 Å². The molecule has 3 aromatic rings. The lowest BCUT2D eigenvalue weighted by Gasteiger charge is -2.18. The number of hydrogen-bond acceptors (Lipinski definition) is 5. The van der Waals surface area contributed by atoms with Gasteiger partial charge in [-0.1, -0.05) is 32.8 Å². The fourth-order valence-electron chi connectivity index (χ4n) is 3.03. The highest BCUT2D eigenvalue weighted by atomic mass is 16.1. The molecule has 3 N–H and O–H groups in total. The first-order valence-electron chi connectivity index (χ1n) is 8.87. The Kier molecular flexibility index (Phi) is 5.41. The van der Waals surface area contributed by atoms with E-state index >= 15 is 0 Å². The molecule has 1 aromatic carbocycles. The van der Waals surface area contributed by atoms with Gasteiger partial charge in [-0.3, -0.25) is 9.78 Å². The Hall–Kier alpha value is -3.02. The Balaban J connectivity index is 2.10. The van der Waals surface area contributed by atoms with E-state index in [1.165, 1.54) is 0 Å². The molecule has 26 heavy (non-hydrogen) atoms. The number of amides is 1. The first-order chi connectivity index (χ1) is 12.6. The predicted molar refractivity (Wildman–Crippen MR) is 104 cm³/mol. The maximum atomic E-state index is 11.9. The second kappa shape index (κ2) is 7.91. The van der Waals surface area contributed by atoms with Gasteiger partial charge >= 0.3 is 0 Å². The predicted octanol–water partition coefficient (Wildman–Crippen LogP) is 3.64. The van der Waals surface area contributed by atoms with Crippen molar-refractivity contribution in [2.75, 3.05) is 11.9 Å². The molecule has 1 amide bonds. The summed E-state index contributed by atoms with van der Waals surface area (Å²) in [5, 5.41) is 12.1. The first kappa shape index (κ1) is 17.8. The highest BCUT2D eigenvalue weighted by Crippen LogP contribution is 2.30. The van der Waals surface area contributed by atoms with Crippen LogP contribution in [0.5, 0.6) is 0 Å². The highest BCUT2D eigenvalue weighted by Gasteiger charge is 2.15. The lowest BCUT2D eigenvalue weighted by atomic mass is 10.0. The van der Waals surface area contributed by atoms with E-state index in [2.05, 4.69) is 34.3 Å². The molecule has 0 bridgehead atoms. The molecule has 134 valence electrons. The van der Waals surface area contributed by atoms with Crippen LogP contribution in [-0.4, -0.2) is 27.6 Å². The molecule has 2 heterocycles. The normalized spacial score (nSPS) is 11.0. The van der Waals surface area contributed by atoms with Gasteiger partial charge in [-0.25, -0.2) is 0 Å². The number of carbonyl (C=O) groups excluding carboxylic acids is 1. The van der Waals surface area contributed by atoms with Crippen LogP contribution in [-0.2, 0) is 0 Å². The number of nitrogens with two attached hydrogens (primary N) is 1. The molecular weight excluding hydrogens is 326 g/mol. The largest absolute Gasteiger partial charge is 0.384 e. The summed E-state index contributed by atoms with van der Waals surface area (Å²) in [5.74, 6) is 0.0500. The van der Waals surface area contributed by atoms with E-state index in [1.54, 1.807) is 18.6 Å². The van der Waals surface area contributed by atoms with Crippen LogP contribution < -0.4 is 11.1 Å². The average Bonchev–Trinajstić information content (AvgIpc) is 2.68. The van der Waals surface area contributed by atoms with Crippen LogP contribution >= 0.6 is 0 Å². The summed E-state index contributed by atoms with van der Waals surface area (Å²) in [5.41, 5.74) is 9.50. The summed E-state index contributed by atoms with van der Waals surface area (Å²) in [7, 11) is 0. The van der Waals surface area contributed by atoms with E-state index in [-0.39, 0.29) is 0 Å². The van der Waals surface area contributed by atoms with Gasteiger partial charge in [0.25, 0.3) is 5.91 Å². The fourth-order valence-corrected chi connectivity index (χ4v) is 3.03. The monoisotopic (exact) mass is 349 g/mol. The van der Waals surface area contributed by atoms with Crippen molar-refractivity contribution in [3.8, 4) is 11.1 Å². The molecule has 0 atom stereocenters. The summed E-state index contributed by atoms with van der Waals surface area (Å²) in [6, 6.07) is 7.84. The quantitative estimate of drug-likeness (QED) is 0.679. The fraction of sp³-hybridized carbons (Fsp3) is 0.300. The van der Waals surface area contributed by atoms with Crippen LogP contribution in [0.25, 0.3) is 22.0 Å². The molecule has 0 aliphatic heterocycles. The zero-order chi connectivity index (χ0) is 18.5. The lowest BCUT2D eigenvalue weighted by Crippen LogP contribution is -2.18. The van der Waals surface area contributed by atoms with Crippen LogP contribution in [0.4, 0.5) is 5.69 Å². The zero-order valence-electron chi connectivity index (χ0n) is 15.1. The molecule has 0 saturated carbocycles. The van der Waals surface area contributed by atoms with Crippen LogP contribution in [0.2, 0.25) is 0 Å². The number of aromatic nitrogens is 3. The maximum Gasteiger partial charge on any atom is 0.252 e. The van der Waals surface area contributed by atoms with Crippen molar-refractivity contribution < 1.29 is 4.79 Å². The molecular formula is C20H23N5O. The molecule has 0 aliphatic rings. The molecule has 2 aromatic heterocycles. The number of rotatable bonds is 7. The Morgan fingerprint density at radius 2 is 1.92 bits per heavy atom. The van der Waals surface area contributed by atoms with E-state index in [4.69, 9.17) is 5.73 Å². The smallest absolute Gasteiger partial charge is 0.252 e. The van der Waals surface area contributed by atoms with Crippen LogP contribution in [0.3, 0.4) is 0 Å². The Morgan fingerprint density at radius 3 is 2.58 bits per heavy atom. The van der Waals surface area contributed by atoms with Crippen molar-refractivity contribution in [1.82, 2.24) is 15.2 Å². The molecule has 0 unspecified atom stereocenters. The third-order valence-corrected chi connectivity index (χ3v) is 4.77. The van der Waals surface area contributed by atoms with Crippen molar-refractivity contribution in [2.24, 2.45) is 11.7 Å². The van der Waals surface area contributed by atoms with Crippen LogP contribution in [0.15, 0.2) is 42.9 Å². The first-order valence-corrected chi connectivity index (χ1v) is 8.87. The standard InChI is InChI=1S/C20H23N5O/c1-3-13(4-2)10-23-19-16-9-14(15-7-8-24-25-11-15)5-6-18(16)22-12-17(19)20(21)26/h5-9,11-13H,3-4,10H2,1-2H3,(H2,21,26)(H,22,23). The average molecular weight is 349 g/mol. The molecule has 0 spiro atoms. The third kappa shape index (κ3) is 3.64. The van der Waals surface area contributed by atoms with Gasteiger partial charge in [0.2, 0.25) is 0 Å². The lowest BCUT2D eigenvalue weighted by molar-refractivity contribution is 0.100. The minimum atomic E-state index is -0.484. The molecule has 0 saturated heterocycles. The Labute approximate surface area is 152 Å². The van der Waals surface area contributed by atoms with Crippen molar-refractivity contribution in [3.05, 3.63) is 48.4 Å². The number of primary amides is 1. The van der Waals surface area contributed by atoms with Gasteiger partial charge in [-0.2, -0.15) is 10.2 Å². The van der Waals surface area contributed by atoms with Gasteiger partial charge < -0.3 is 11.1 Å². The SMILES string of the molecule is CCC(CC)CNc1c(C(N)=O)cnc2ccc(-c3ccnnc3)cc12. The van der Waals surface area contributed by atoms with Gasteiger partial charge in [-0.15, -0.1) is 0 Å². The zero-order valence-corrected chi connectivity index (χ0v) is 15.1. The van der Waals surface area contributed by atoms with Gasteiger partial charge in [0, 0.05) is 23.7 Å². The second-order valence-electron chi connectivity index (χ2n) is 6.34. The molecule has 0 fully saturated rings. The number of nitrogens with one attached hydrogen (secondary N) is 1. The number of pyridine rings is 1. The highest BCUT2D eigenvalue weighted by molar-refractivity contribution is 6.07. The summed E-state index contributed by atoms with van der Waals surface area (Å²) >= 11 is 0. The number of nitrogens with zero attached hydrogens (tertiary/aromatic N) is 3. The van der Waals surface area contributed by atoms with E-state index in [0.29, 0.717) is 11.5 Å². The van der Waals surface area contributed by atoms with Crippen molar-refractivity contribution >= 4 is 22.5 Å². The number of hydrogen-bond donors (Lipinski definition) is 2. The van der Waals surface area contributed by atoms with Crippen LogP contribution in [0, 0.1) is 5.92 Å². The Bertz CT molecular complexity index is 907. The molecule has 6 nitrogen and oxygen atoms in total. The van der Waals surface area contributed by atoms with Gasteiger partial charge in [0.1, 0.15) is 0 Å². The van der Waals surface area contributed by atoms with Crippen LogP contribution in [0.1, 0.15) is 37.0 Å². The van der Waals surface area contributed by atoms with Crippen molar-refractivity contribution in [2.45, 2.75) is 26.7 Å². The molecule has 0 aliphatic carbocycles. The van der Waals surface area contributed by atoms with Gasteiger partial charge in [0.15, 0.2) is 0 Å². The summed E-state index contributed by atoms with van der Waals surface area (Å²) in [6.45, 7) is 5.13. The topological polar surface area (TPSA) is 93.8 Å². The number of benzene rings is 1. The molecule has 0 radical (unpaired) electrons. The third-order valence-electron chi connectivity index (χ3n) is 4.77. The number of carbonyl (C=O) groups is 1. The summed E-state index contributed by atoms with van der Waals surface area (Å²) in [4.78, 5) is 16.3. The maximum absolute atomic E-state index is 11.9. The minimum Gasteiger partial charge on any atom is -0.384 e. The van der Waals surface area contributed by atoms with Gasteiger partial charge in [-0.05, 0) is 29.7 Å². The summed E-state index contributed by atoms with van der Waals surface area (Å²) < 4.78 is 0. The van der Waals surface area contributed by atoms with E-state index in [1.807, 2.05) is 24.3 Å². The number of fused-ring (bicyclic) bond motifs is 1. The number of anilines is 1. The van der Waals surface area contributed by atoms with E-state index < -0.39 is 5.91 Å². The van der Waals surface area contributed by atoms with Crippen molar-refractivity contribution in [3.63, 3.8) is 0 Å². The van der Waals surface area contributed by atoms with E-state index in [9.17, 15) is 4.79 Å². The van der Waals surface area contributed by atoms with Crippen molar-refractivity contribution in [1.29, 1.82) is 0 Å².